The van der Waals surface area contributed by atoms with Crippen molar-refractivity contribution in [3.05, 3.63) is 0 Å². The van der Waals surface area contributed by atoms with E-state index < -0.39 is 5.97 Å². The lowest BCUT2D eigenvalue weighted by Crippen LogP contribution is -2.46. The van der Waals surface area contributed by atoms with Gasteiger partial charge >= 0.3 is 5.97 Å². The molecular weight excluding hydrogens is 220 g/mol. The summed E-state index contributed by atoms with van der Waals surface area (Å²) in [5.74, 6) is -0.329. The zero-order chi connectivity index (χ0) is 12.3. The maximum Gasteiger partial charge on any atom is 0.303 e. The topological polar surface area (TPSA) is 69.6 Å². The van der Waals surface area contributed by atoms with Crippen LogP contribution in [0.25, 0.3) is 0 Å². The van der Waals surface area contributed by atoms with Crippen LogP contribution in [0.1, 0.15) is 32.1 Å². The second-order valence-corrected chi connectivity index (χ2v) is 5.05. The largest absolute Gasteiger partial charge is 0.481 e. The highest BCUT2D eigenvalue weighted by molar-refractivity contribution is 5.79. The number of carboxylic acid groups (broad SMARTS) is 1. The second-order valence-electron chi connectivity index (χ2n) is 5.05. The average Bonchev–Trinajstić information content (AvgIpc) is 2.69. The highest BCUT2D eigenvalue weighted by Gasteiger charge is 2.34. The number of hydrogen-bond donors (Lipinski definition) is 2. The van der Waals surface area contributed by atoms with Gasteiger partial charge in [-0.05, 0) is 31.7 Å². The van der Waals surface area contributed by atoms with Gasteiger partial charge < -0.3 is 15.3 Å². The van der Waals surface area contributed by atoms with E-state index in [1.165, 1.54) is 0 Å². The van der Waals surface area contributed by atoms with E-state index in [1.807, 2.05) is 4.90 Å². The molecule has 5 nitrogen and oxygen atoms in total. The van der Waals surface area contributed by atoms with E-state index >= 15 is 0 Å². The minimum Gasteiger partial charge on any atom is -0.481 e. The quantitative estimate of drug-likeness (QED) is 0.748. The molecule has 0 aromatic heterocycles. The van der Waals surface area contributed by atoms with Crippen LogP contribution in [0.2, 0.25) is 0 Å². The number of carboxylic acids is 1. The Kier molecular flexibility index (Phi) is 3.99. The van der Waals surface area contributed by atoms with Crippen LogP contribution in [0.5, 0.6) is 0 Å². The van der Waals surface area contributed by atoms with Gasteiger partial charge in [0.05, 0.1) is 0 Å². The van der Waals surface area contributed by atoms with Gasteiger partial charge in [-0.25, -0.2) is 0 Å². The first kappa shape index (κ1) is 12.4. The molecule has 2 aliphatic rings. The Morgan fingerprint density at radius 3 is 3.00 bits per heavy atom. The van der Waals surface area contributed by atoms with Gasteiger partial charge in [-0.3, -0.25) is 9.59 Å². The van der Waals surface area contributed by atoms with Crippen LogP contribution in [0.15, 0.2) is 0 Å². The van der Waals surface area contributed by atoms with Crippen LogP contribution in [0.3, 0.4) is 0 Å². The molecule has 2 fully saturated rings. The molecule has 2 saturated heterocycles. The zero-order valence-corrected chi connectivity index (χ0v) is 10.0. The lowest BCUT2D eigenvalue weighted by molar-refractivity contribution is -0.137. The third-order valence-electron chi connectivity index (χ3n) is 3.72. The summed E-state index contributed by atoms with van der Waals surface area (Å²) in [6.07, 6.45) is 3.52. The number of carbonyl (C=O) groups excluding carboxylic acids is 1. The van der Waals surface area contributed by atoms with E-state index in [9.17, 15) is 9.59 Å². The van der Waals surface area contributed by atoms with E-state index in [0.29, 0.717) is 18.9 Å². The predicted octanol–water partition coefficient (Wildman–Crippen LogP) is 0.452. The van der Waals surface area contributed by atoms with E-state index in [0.717, 1.165) is 32.5 Å². The van der Waals surface area contributed by atoms with Gasteiger partial charge in [0, 0.05) is 32.0 Å². The summed E-state index contributed by atoms with van der Waals surface area (Å²) in [4.78, 5) is 24.3. The van der Waals surface area contributed by atoms with Gasteiger partial charge in [-0.15, -0.1) is 0 Å². The molecule has 2 N–H and O–H groups in total. The molecule has 0 saturated carbocycles. The van der Waals surface area contributed by atoms with Crippen molar-refractivity contribution in [2.75, 3.05) is 19.6 Å². The first-order valence-electron chi connectivity index (χ1n) is 6.39. The van der Waals surface area contributed by atoms with E-state index in [1.54, 1.807) is 0 Å². The molecule has 0 aromatic carbocycles. The summed E-state index contributed by atoms with van der Waals surface area (Å²) in [6.45, 7) is 2.68. The maximum atomic E-state index is 11.9. The minimum atomic E-state index is -0.768. The number of aliphatic carboxylic acids is 1. The second kappa shape index (κ2) is 5.49. The molecule has 0 bridgehead atoms. The smallest absolute Gasteiger partial charge is 0.303 e. The van der Waals surface area contributed by atoms with Crippen molar-refractivity contribution in [2.45, 2.75) is 38.1 Å². The van der Waals surface area contributed by atoms with Gasteiger partial charge in [0.1, 0.15) is 0 Å². The van der Waals surface area contributed by atoms with Crippen LogP contribution in [0, 0.1) is 5.92 Å². The van der Waals surface area contributed by atoms with Gasteiger partial charge in [0.2, 0.25) is 5.91 Å². The highest BCUT2D eigenvalue weighted by Crippen LogP contribution is 2.26. The lowest BCUT2D eigenvalue weighted by Gasteiger charge is -2.31. The predicted molar refractivity (Wildman–Crippen MR) is 62.6 cm³/mol. The summed E-state index contributed by atoms with van der Waals surface area (Å²) >= 11 is 0. The molecule has 0 radical (unpaired) electrons. The number of nitrogens with zero attached hydrogens (tertiary/aromatic N) is 1. The van der Waals surface area contributed by atoms with Crippen molar-refractivity contribution in [3.8, 4) is 0 Å². The Balaban J connectivity index is 1.83. The van der Waals surface area contributed by atoms with Gasteiger partial charge in [0.15, 0.2) is 0 Å². The third-order valence-corrected chi connectivity index (χ3v) is 3.72. The van der Waals surface area contributed by atoms with Crippen molar-refractivity contribution in [1.29, 1.82) is 0 Å². The Hall–Kier alpha value is -1.10. The maximum absolute atomic E-state index is 11.9. The molecule has 96 valence electrons. The normalized spacial score (nSPS) is 29.6. The number of nitrogens with one attached hydrogen (secondary N) is 1. The van der Waals surface area contributed by atoms with Crippen LogP contribution < -0.4 is 5.32 Å². The standard InChI is InChI=1S/C12H20N2O3/c15-11-6-9(3-4-12(16)17)8-14(11)10-2-1-5-13-7-10/h9-10,13H,1-8H2,(H,16,17). The Labute approximate surface area is 101 Å². The summed E-state index contributed by atoms with van der Waals surface area (Å²) in [6, 6.07) is 0.325. The fourth-order valence-electron chi connectivity index (χ4n) is 2.78. The number of amides is 1. The van der Waals surface area contributed by atoms with Crippen LogP contribution >= 0.6 is 0 Å². The van der Waals surface area contributed by atoms with Crippen molar-refractivity contribution in [3.63, 3.8) is 0 Å². The van der Waals surface area contributed by atoms with Crippen molar-refractivity contribution < 1.29 is 14.7 Å². The summed E-state index contributed by atoms with van der Waals surface area (Å²) in [5, 5.41) is 12.0. The number of carbonyl (C=O) groups is 2. The molecule has 0 aromatic rings. The first-order valence-corrected chi connectivity index (χ1v) is 6.39. The zero-order valence-electron chi connectivity index (χ0n) is 10.0. The van der Waals surface area contributed by atoms with Gasteiger partial charge in [-0.2, -0.15) is 0 Å². The molecular formula is C12H20N2O3. The average molecular weight is 240 g/mol. The summed E-state index contributed by atoms with van der Waals surface area (Å²) < 4.78 is 0. The molecule has 2 atom stereocenters. The number of likely N-dealkylation sites (tertiary alicyclic amines) is 1. The Morgan fingerprint density at radius 1 is 1.53 bits per heavy atom. The molecule has 2 heterocycles. The van der Waals surface area contributed by atoms with Crippen LogP contribution in [0.4, 0.5) is 0 Å². The van der Waals surface area contributed by atoms with Gasteiger partial charge in [-0.1, -0.05) is 0 Å². The van der Waals surface area contributed by atoms with Gasteiger partial charge in [0.25, 0.3) is 0 Å². The van der Waals surface area contributed by atoms with E-state index in [2.05, 4.69) is 5.32 Å². The molecule has 1 amide bonds. The molecule has 2 aliphatic heterocycles. The molecule has 2 unspecified atom stereocenters. The molecule has 0 aliphatic carbocycles. The SMILES string of the molecule is O=C(O)CCC1CC(=O)N(C2CCCNC2)C1. The Bertz CT molecular complexity index is 300. The lowest BCUT2D eigenvalue weighted by atomic mass is 10.0. The monoisotopic (exact) mass is 240 g/mol. The number of piperidine rings is 1. The molecule has 0 spiro atoms. The molecule has 17 heavy (non-hydrogen) atoms. The molecule has 5 heteroatoms. The van der Waals surface area contributed by atoms with Crippen molar-refractivity contribution in [2.24, 2.45) is 5.92 Å². The first-order chi connectivity index (χ1) is 8.16. The fraction of sp³-hybridized carbons (Fsp3) is 0.833. The van der Waals surface area contributed by atoms with E-state index in [-0.39, 0.29) is 18.2 Å². The van der Waals surface area contributed by atoms with Crippen molar-refractivity contribution in [1.82, 2.24) is 10.2 Å². The Morgan fingerprint density at radius 2 is 2.35 bits per heavy atom. The van der Waals surface area contributed by atoms with Crippen molar-refractivity contribution >= 4 is 11.9 Å². The third kappa shape index (κ3) is 3.19. The van der Waals surface area contributed by atoms with E-state index in [4.69, 9.17) is 5.11 Å². The summed E-state index contributed by atoms with van der Waals surface area (Å²) in [5.41, 5.74) is 0. The fourth-order valence-corrected chi connectivity index (χ4v) is 2.78. The van der Waals surface area contributed by atoms with Crippen LogP contribution in [-0.2, 0) is 9.59 Å². The molecule has 2 rings (SSSR count). The number of rotatable bonds is 4. The minimum absolute atomic E-state index is 0.175. The highest BCUT2D eigenvalue weighted by atomic mass is 16.4. The number of hydrogen-bond acceptors (Lipinski definition) is 3. The summed E-state index contributed by atoms with van der Waals surface area (Å²) in [7, 11) is 0. The van der Waals surface area contributed by atoms with Crippen LogP contribution in [-0.4, -0.2) is 47.6 Å².